The van der Waals surface area contributed by atoms with Crippen LogP contribution in [0, 0.1) is 0 Å². The van der Waals surface area contributed by atoms with Gasteiger partial charge in [0.15, 0.2) is 0 Å². The summed E-state index contributed by atoms with van der Waals surface area (Å²) in [5.41, 5.74) is 5.58. The number of amides is 1. The van der Waals surface area contributed by atoms with Crippen LogP contribution in [0.4, 0.5) is 8.78 Å². The van der Waals surface area contributed by atoms with Crippen LogP contribution in [0.15, 0.2) is 5.38 Å². The first-order valence-electron chi connectivity index (χ1n) is 5.30. The monoisotopic (exact) mass is 299 g/mol. The Bertz CT molecular complexity index is 376. The van der Waals surface area contributed by atoms with Crippen LogP contribution in [-0.2, 0) is 6.54 Å². The van der Waals surface area contributed by atoms with Crippen molar-refractivity contribution in [2.45, 2.75) is 26.3 Å². The second kappa shape index (κ2) is 8.34. The quantitative estimate of drug-likeness (QED) is 0.875. The van der Waals surface area contributed by atoms with Gasteiger partial charge < -0.3 is 10.6 Å². The maximum absolute atomic E-state index is 12.3. The van der Waals surface area contributed by atoms with Gasteiger partial charge in [0.1, 0.15) is 10.7 Å². The summed E-state index contributed by atoms with van der Waals surface area (Å²) in [6.45, 7) is 1.83. The molecule has 0 fully saturated rings. The molecule has 1 aromatic rings. The van der Waals surface area contributed by atoms with Crippen LogP contribution in [-0.4, -0.2) is 35.3 Å². The minimum absolute atomic E-state index is 0. The highest BCUT2D eigenvalue weighted by Gasteiger charge is 2.21. The predicted molar refractivity (Wildman–Crippen MR) is 69.5 cm³/mol. The zero-order valence-electron chi connectivity index (χ0n) is 9.94. The van der Waals surface area contributed by atoms with E-state index in [0.29, 0.717) is 18.0 Å². The highest BCUT2D eigenvalue weighted by molar-refractivity contribution is 7.09. The van der Waals surface area contributed by atoms with Gasteiger partial charge in [0.2, 0.25) is 0 Å². The van der Waals surface area contributed by atoms with E-state index in [0.717, 1.165) is 4.90 Å². The molecule has 0 saturated heterocycles. The molecule has 0 radical (unpaired) electrons. The lowest BCUT2D eigenvalue weighted by atomic mass is 10.3. The second-order valence-corrected chi connectivity index (χ2v) is 4.42. The van der Waals surface area contributed by atoms with E-state index in [1.807, 2.05) is 6.92 Å². The zero-order valence-corrected chi connectivity index (χ0v) is 11.6. The lowest BCUT2D eigenvalue weighted by Gasteiger charge is -2.20. The number of alkyl halides is 2. The van der Waals surface area contributed by atoms with Gasteiger partial charge in [-0.1, -0.05) is 6.92 Å². The van der Waals surface area contributed by atoms with E-state index in [1.165, 1.54) is 11.3 Å². The summed E-state index contributed by atoms with van der Waals surface area (Å²) in [7, 11) is 0. The van der Waals surface area contributed by atoms with E-state index in [9.17, 15) is 13.6 Å². The molecular weight excluding hydrogens is 284 g/mol. The van der Waals surface area contributed by atoms with Gasteiger partial charge in [-0.3, -0.25) is 4.79 Å². The van der Waals surface area contributed by atoms with Crippen molar-refractivity contribution >= 4 is 29.7 Å². The molecule has 18 heavy (non-hydrogen) atoms. The van der Waals surface area contributed by atoms with Crippen LogP contribution in [0.2, 0.25) is 0 Å². The van der Waals surface area contributed by atoms with E-state index >= 15 is 0 Å². The summed E-state index contributed by atoms with van der Waals surface area (Å²) in [6.07, 6.45) is -1.90. The Hall–Kier alpha value is -0.790. The van der Waals surface area contributed by atoms with Crippen molar-refractivity contribution in [2.24, 2.45) is 5.73 Å². The van der Waals surface area contributed by atoms with Gasteiger partial charge in [-0.15, -0.1) is 23.7 Å². The lowest BCUT2D eigenvalue weighted by Crippen LogP contribution is -2.36. The molecule has 4 nitrogen and oxygen atoms in total. The summed E-state index contributed by atoms with van der Waals surface area (Å²) in [4.78, 5) is 17.0. The number of aromatic nitrogens is 1. The first kappa shape index (κ1) is 17.2. The van der Waals surface area contributed by atoms with E-state index in [2.05, 4.69) is 4.98 Å². The van der Waals surface area contributed by atoms with Gasteiger partial charge in [0, 0.05) is 18.5 Å². The summed E-state index contributed by atoms with van der Waals surface area (Å²) < 4.78 is 24.6. The normalized spacial score (nSPS) is 10.3. The number of carbonyl (C=O) groups is 1. The number of nitrogens with zero attached hydrogens (tertiary/aromatic N) is 2. The minimum Gasteiger partial charge on any atom is -0.332 e. The third-order valence-electron chi connectivity index (χ3n) is 2.08. The third kappa shape index (κ3) is 4.83. The maximum Gasteiger partial charge on any atom is 0.273 e. The molecule has 2 N–H and O–H groups in total. The molecule has 1 aromatic heterocycles. The molecule has 0 unspecified atom stereocenters. The van der Waals surface area contributed by atoms with Crippen molar-refractivity contribution in [2.75, 3.05) is 13.1 Å². The minimum atomic E-state index is -2.53. The Labute approximate surface area is 115 Å². The van der Waals surface area contributed by atoms with Crippen LogP contribution in [0.5, 0.6) is 0 Å². The fourth-order valence-electron chi connectivity index (χ4n) is 1.38. The Morgan fingerprint density at radius 3 is 2.72 bits per heavy atom. The molecule has 1 amide bonds. The second-order valence-electron chi connectivity index (χ2n) is 3.47. The fraction of sp³-hybridized carbons (Fsp3) is 0.600. The Balaban J connectivity index is 0.00000289. The summed E-state index contributed by atoms with van der Waals surface area (Å²) in [5, 5.41) is 2.18. The molecule has 0 aliphatic rings. The van der Waals surface area contributed by atoms with Crippen molar-refractivity contribution in [3.63, 3.8) is 0 Å². The first-order valence-corrected chi connectivity index (χ1v) is 6.18. The first-order chi connectivity index (χ1) is 8.08. The Kier molecular flexibility index (Phi) is 7.97. The average molecular weight is 300 g/mol. The number of hydrogen-bond acceptors (Lipinski definition) is 4. The molecule has 104 valence electrons. The number of hydrogen-bond donors (Lipinski definition) is 1. The van der Waals surface area contributed by atoms with Crippen molar-refractivity contribution in [1.82, 2.24) is 9.88 Å². The van der Waals surface area contributed by atoms with Crippen molar-refractivity contribution < 1.29 is 13.6 Å². The van der Waals surface area contributed by atoms with E-state index in [-0.39, 0.29) is 24.6 Å². The average Bonchev–Trinajstić information content (AvgIpc) is 2.75. The molecule has 0 aliphatic heterocycles. The van der Waals surface area contributed by atoms with Crippen molar-refractivity contribution in [3.8, 4) is 0 Å². The van der Waals surface area contributed by atoms with Gasteiger partial charge in [-0.2, -0.15) is 0 Å². The molecule has 0 aliphatic carbocycles. The van der Waals surface area contributed by atoms with Crippen LogP contribution in [0.3, 0.4) is 0 Å². The van der Waals surface area contributed by atoms with Crippen LogP contribution in [0.25, 0.3) is 0 Å². The highest BCUT2D eigenvalue weighted by Crippen LogP contribution is 2.12. The largest absolute Gasteiger partial charge is 0.332 e. The molecular formula is C10H16ClF2N3OS. The Morgan fingerprint density at radius 2 is 2.28 bits per heavy atom. The molecule has 0 atom stereocenters. The lowest BCUT2D eigenvalue weighted by molar-refractivity contribution is 0.0551. The van der Waals surface area contributed by atoms with Gasteiger partial charge >= 0.3 is 0 Å². The number of rotatable bonds is 6. The molecule has 1 heterocycles. The van der Waals surface area contributed by atoms with Gasteiger partial charge in [-0.25, -0.2) is 13.8 Å². The summed E-state index contributed by atoms with van der Waals surface area (Å²) >= 11 is 1.26. The summed E-state index contributed by atoms with van der Waals surface area (Å²) in [5.74, 6) is -0.455. The van der Waals surface area contributed by atoms with Gasteiger partial charge in [-0.05, 0) is 6.42 Å². The number of nitrogens with two attached hydrogens (primary N) is 1. The van der Waals surface area contributed by atoms with Gasteiger partial charge in [0.25, 0.3) is 12.3 Å². The predicted octanol–water partition coefficient (Wildman–Crippen LogP) is 2.14. The highest BCUT2D eigenvalue weighted by atomic mass is 35.5. The zero-order chi connectivity index (χ0) is 12.8. The number of thiazole rings is 1. The summed E-state index contributed by atoms with van der Waals surface area (Å²) in [6, 6.07) is 0. The van der Waals surface area contributed by atoms with E-state index in [4.69, 9.17) is 5.73 Å². The number of carbonyl (C=O) groups excluding carboxylic acids is 1. The van der Waals surface area contributed by atoms with Gasteiger partial charge in [0.05, 0.1) is 6.54 Å². The number of halogens is 3. The van der Waals surface area contributed by atoms with Crippen LogP contribution >= 0.6 is 23.7 Å². The molecule has 1 rings (SSSR count). The molecule has 0 bridgehead atoms. The van der Waals surface area contributed by atoms with Crippen molar-refractivity contribution in [1.29, 1.82) is 0 Å². The SMILES string of the molecule is CCCN(CC(F)F)C(=O)c1csc(CN)n1.Cl. The smallest absolute Gasteiger partial charge is 0.273 e. The topological polar surface area (TPSA) is 59.2 Å². The standard InChI is InChI=1S/C10H15F2N3OS.ClH/c1-2-3-15(5-8(11)12)10(16)7-6-17-9(4-13)14-7;/h6,8H,2-5,13H2,1H3;1H. The maximum atomic E-state index is 12.3. The fourth-order valence-corrected chi connectivity index (χ4v) is 2.03. The van der Waals surface area contributed by atoms with Crippen LogP contribution in [0.1, 0.15) is 28.8 Å². The Morgan fingerprint density at radius 1 is 1.61 bits per heavy atom. The molecule has 8 heteroatoms. The van der Waals surface area contributed by atoms with Crippen LogP contribution < -0.4 is 5.73 Å². The molecule has 0 aromatic carbocycles. The third-order valence-corrected chi connectivity index (χ3v) is 2.96. The molecule has 0 saturated carbocycles. The van der Waals surface area contributed by atoms with E-state index < -0.39 is 18.9 Å². The van der Waals surface area contributed by atoms with Crippen molar-refractivity contribution in [3.05, 3.63) is 16.1 Å². The van der Waals surface area contributed by atoms with E-state index in [1.54, 1.807) is 5.38 Å². The molecule has 0 spiro atoms.